The van der Waals surface area contributed by atoms with Gasteiger partial charge in [-0.05, 0) is 71.5 Å². The maximum atomic E-state index is 13.0. The highest BCUT2D eigenvalue weighted by molar-refractivity contribution is 7.99. The van der Waals surface area contributed by atoms with E-state index < -0.39 is 0 Å². The maximum absolute atomic E-state index is 13.0. The van der Waals surface area contributed by atoms with E-state index >= 15 is 0 Å². The minimum Gasteiger partial charge on any atom is -0.308 e. The van der Waals surface area contributed by atoms with Crippen LogP contribution in [-0.2, 0) is 0 Å². The number of halogens is 1. The van der Waals surface area contributed by atoms with E-state index in [1.54, 1.807) is 23.9 Å². The van der Waals surface area contributed by atoms with Gasteiger partial charge in [0.05, 0.1) is 0 Å². The summed E-state index contributed by atoms with van der Waals surface area (Å²) in [6.07, 6.45) is 0. The summed E-state index contributed by atoms with van der Waals surface area (Å²) < 4.78 is 13.0. The number of hydrogen-bond donors (Lipinski definition) is 2. The first-order valence-corrected chi connectivity index (χ1v) is 10.9. The molecule has 0 heterocycles. The molecule has 2 N–H and O–H groups in total. The van der Waals surface area contributed by atoms with Crippen molar-refractivity contribution in [2.75, 3.05) is 10.6 Å². The second-order valence-corrected chi connectivity index (χ2v) is 8.93. The van der Waals surface area contributed by atoms with Crippen LogP contribution in [0, 0.1) is 5.82 Å². The van der Waals surface area contributed by atoms with Crippen molar-refractivity contribution < 1.29 is 9.18 Å². The van der Waals surface area contributed by atoms with Crippen LogP contribution in [0.25, 0.3) is 0 Å². The third-order valence-electron chi connectivity index (χ3n) is 4.77. The van der Waals surface area contributed by atoms with Crippen molar-refractivity contribution in [3.63, 3.8) is 0 Å². The van der Waals surface area contributed by atoms with Gasteiger partial charge in [-0.25, -0.2) is 9.18 Å². The van der Waals surface area contributed by atoms with E-state index in [-0.39, 0.29) is 11.8 Å². The number of carbonyl (C=O) groups excluding carboxylic acids is 1. The molecule has 0 aliphatic heterocycles. The third kappa shape index (κ3) is 5.63. The summed E-state index contributed by atoms with van der Waals surface area (Å²) in [4.78, 5) is 14.6. The highest BCUT2D eigenvalue weighted by Crippen LogP contribution is 2.33. The van der Waals surface area contributed by atoms with Crippen LogP contribution in [0.5, 0.6) is 0 Å². The molecule has 2 amide bonds. The van der Waals surface area contributed by atoms with E-state index in [9.17, 15) is 9.18 Å². The molecule has 5 heteroatoms. The normalized spacial score (nSPS) is 11.0. The molecule has 0 aliphatic carbocycles. The van der Waals surface area contributed by atoms with Gasteiger partial charge in [0.15, 0.2) is 0 Å². The van der Waals surface area contributed by atoms with Crippen LogP contribution in [-0.4, -0.2) is 6.03 Å². The minimum absolute atomic E-state index is 0.246. The lowest BCUT2D eigenvalue weighted by Gasteiger charge is -2.20. The summed E-state index contributed by atoms with van der Waals surface area (Å²) in [5, 5.41) is 5.97. The molecule has 0 saturated heterocycles. The van der Waals surface area contributed by atoms with Gasteiger partial charge < -0.3 is 10.6 Å². The Morgan fingerprint density at radius 2 is 1.27 bits per heavy atom. The van der Waals surface area contributed by atoms with Crippen LogP contribution in [0.4, 0.5) is 20.6 Å². The first-order chi connectivity index (χ1) is 14.3. The molecule has 156 valence electrons. The fourth-order valence-electron chi connectivity index (χ4n) is 3.22. The highest BCUT2D eigenvalue weighted by atomic mass is 32.2. The van der Waals surface area contributed by atoms with Gasteiger partial charge in [-0.3, -0.25) is 0 Å². The molecular weight excluding hydrogens is 395 g/mol. The van der Waals surface area contributed by atoms with Crippen LogP contribution in [0.1, 0.15) is 50.7 Å². The van der Waals surface area contributed by atoms with Gasteiger partial charge in [0, 0.05) is 21.2 Å². The summed E-state index contributed by atoms with van der Waals surface area (Å²) in [6.45, 7) is 8.50. The Morgan fingerprint density at radius 3 is 1.77 bits per heavy atom. The molecule has 3 aromatic rings. The van der Waals surface area contributed by atoms with Gasteiger partial charge in [-0.15, -0.1) is 0 Å². The molecule has 3 nitrogen and oxygen atoms in total. The van der Waals surface area contributed by atoms with E-state index in [4.69, 9.17) is 0 Å². The van der Waals surface area contributed by atoms with Crippen molar-refractivity contribution in [3.8, 4) is 0 Å². The molecule has 0 saturated carbocycles. The molecule has 30 heavy (non-hydrogen) atoms. The predicted molar refractivity (Wildman–Crippen MR) is 124 cm³/mol. The Morgan fingerprint density at radius 1 is 0.767 bits per heavy atom. The van der Waals surface area contributed by atoms with Crippen LogP contribution < -0.4 is 10.6 Å². The number of hydrogen-bond acceptors (Lipinski definition) is 2. The largest absolute Gasteiger partial charge is 0.323 e. The SMILES string of the molecule is CC(C)c1cccc(C(C)C)c1NC(=O)Nc1ccc(Sc2ccc(F)cc2)cc1. The zero-order valence-electron chi connectivity index (χ0n) is 17.7. The Kier molecular flexibility index (Phi) is 7.16. The van der Waals surface area contributed by atoms with Crippen molar-refractivity contribution in [2.24, 2.45) is 0 Å². The molecule has 3 aromatic carbocycles. The zero-order chi connectivity index (χ0) is 21.7. The molecule has 0 aliphatic rings. The number of nitrogens with one attached hydrogen (secondary N) is 2. The van der Waals surface area contributed by atoms with Crippen molar-refractivity contribution in [1.82, 2.24) is 0 Å². The quantitative estimate of drug-likeness (QED) is 0.424. The molecule has 0 radical (unpaired) electrons. The highest BCUT2D eigenvalue weighted by Gasteiger charge is 2.16. The lowest BCUT2D eigenvalue weighted by Crippen LogP contribution is -2.21. The average molecular weight is 423 g/mol. The molecule has 3 rings (SSSR count). The van der Waals surface area contributed by atoms with Gasteiger partial charge >= 0.3 is 6.03 Å². The molecular formula is C25H27FN2OS. The van der Waals surface area contributed by atoms with Crippen LogP contribution in [0.3, 0.4) is 0 Å². The van der Waals surface area contributed by atoms with Crippen molar-refractivity contribution >= 4 is 29.2 Å². The van der Waals surface area contributed by atoms with Crippen LogP contribution >= 0.6 is 11.8 Å². The van der Waals surface area contributed by atoms with E-state index in [0.29, 0.717) is 17.5 Å². The Balaban J connectivity index is 1.69. The smallest absolute Gasteiger partial charge is 0.308 e. The molecule has 0 spiro atoms. The standard InChI is InChI=1S/C25H27FN2OS/c1-16(2)22-6-5-7-23(17(3)4)24(22)28-25(29)27-19-10-14-21(15-11-19)30-20-12-8-18(26)9-13-20/h5-17H,1-4H3,(H2,27,28,29). The van der Waals surface area contributed by atoms with Crippen LogP contribution in [0.2, 0.25) is 0 Å². The Labute approximate surface area is 182 Å². The van der Waals surface area contributed by atoms with Gasteiger partial charge in [0.1, 0.15) is 5.82 Å². The summed E-state index contributed by atoms with van der Waals surface area (Å²) in [6, 6.07) is 19.9. The van der Waals surface area contributed by atoms with Gasteiger partial charge in [-0.2, -0.15) is 0 Å². The third-order valence-corrected chi connectivity index (χ3v) is 5.79. The number of anilines is 2. The van der Waals surface area contributed by atoms with Crippen molar-refractivity contribution in [2.45, 2.75) is 49.3 Å². The number of amides is 2. The van der Waals surface area contributed by atoms with Gasteiger partial charge in [-0.1, -0.05) is 57.7 Å². The lowest BCUT2D eigenvalue weighted by molar-refractivity contribution is 0.262. The lowest BCUT2D eigenvalue weighted by atomic mass is 9.93. The fourth-order valence-corrected chi connectivity index (χ4v) is 4.03. The molecule has 0 fully saturated rings. The number of carbonyl (C=O) groups is 1. The van der Waals surface area contributed by atoms with E-state index in [0.717, 1.165) is 26.6 Å². The molecule has 0 bridgehead atoms. The number of benzene rings is 3. The first-order valence-electron chi connectivity index (χ1n) is 10.1. The monoisotopic (exact) mass is 422 g/mol. The first kappa shape index (κ1) is 21.9. The number of para-hydroxylation sites is 1. The molecule has 0 atom stereocenters. The predicted octanol–water partition coefficient (Wildman–Crippen LogP) is 7.87. The van der Waals surface area contributed by atoms with E-state index in [1.165, 1.54) is 12.1 Å². The molecule has 0 aromatic heterocycles. The second kappa shape index (κ2) is 9.81. The maximum Gasteiger partial charge on any atom is 0.323 e. The van der Waals surface area contributed by atoms with Gasteiger partial charge in [0.25, 0.3) is 0 Å². The number of urea groups is 1. The van der Waals surface area contributed by atoms with Crippen LogP contribution in [0.15, 0.2) is 76.5 Å². The second-order valence-electron chi connectivity index (χ2n) is 7.78. The van der Waals surface area contributed by atoms with Crippen molar-refractivity contribution in [3.05, 3.63) is 83.7 Å². The Hall–Kier alpha value is -2.79. The summed E-state index contributed by atoms with van der Waals surface area (Å²) in [5.74, 6) is 0.369. The average Bonchev–Trinajstić information content (AvgIpc) is 2.71. The van der Waals surface area contributed by atoms with Gasteiger partial charge in [0.2, 0.25) is 0 Å². The van der Waals surface area contributed by atoms with E-state index in [1.807, 2.05) is 30.3 Å². The van der Waals surface area contributed by atoms with E-state index in [2.05, 4.69) is 50.5 Å². The topological polar surface area (TPSA) is 41.1 Å². The molecule has 0 unspecified atom stereocenters. The minimum atomic E-state index is -0.260. The fraction of sp³-hybridized carbons (Fsp3) is 0.240. The van der Waals surface area contributed by atoms with Crippen molar-refractivity contribution in [1.29, 1.82) is 0 Å². The summed E-state index contributed by atoms with van der Waals surface area (Å²) >= 11 is 1.54. The number of rotatable bonds is 6. The Bertz CT molecular complexity index is 972. The summed E-state index contributed by atoms with van der Waals surface area (Å²) in [7, 11) is 0. The summed E-state index contributed by atoms with van der Waals surface area (Å²) in [5.41, 5.74) is 3.86. The zero-order valence-corrected chi connectivity index (χ0v) is 18.5.